The molecule has 2 aliphatic heterocycles. The van der Waals surface area contributed by atoms with E-state index < -0.39 is 15.3 Å². The molecule has 1 amide bonds. The molecular weight excluding hydrogens is 324 g/mol. The van der Waals surface area contributed by atoms with Gasteiger partial charge in [-0.3, -0.25) is 9.69 Å². The number of rotatable bonds is 3. The zero-order valence-corrected chi connectivity index (χ0v) is 15.3. The van der Waals surface area contributed by atoms with Crippen LogP contribution < -0.4 is 0 Å². The summed E-state index contributed by atoms with van der Waals surface area (Å²) in [4.78, 5) is 17.1. The average Bonchev–Trinajstić information content (AvgIpc) is 2.95. The molecule has 6 heteroatoms. The van der Waals surface area contributed by atoms with Crippen LogP contribution in [0, 0.1) is 0 Å². The molecule has 2 aliphatic rings. The summed E-state index contributed by atoms with van der Waals surface area (Å²) in [5.74, 6) is 0.723. The van der Waals surface area contributed by atoms with Crippen LogP contribution in [0.15, 0.2) is 30.3 Å². The van der Waals surface area contributed by atoms with Crippen LogP contribution in [-0.4, -0.2) is 67.9 Å². The summed E-state index contributed by atoms with van der Waals surface area (Å²) in [6.07, 6.45) is 0.728. The number of benzene rings is 1. The van der Waals surface area contributed by atoms with Crippen molar-refractivity contribution in [3.05, 3.63) is 35.9 Å². The van der Waals surface area contributed by atoms with Gasteiger partial charge >= 0.3 is 0 Å². The predicted octanol–water partition coefficient (Wildman–Crippen LogP) is 1.30. The van der Waals surface area contributed by atoms with Gasteiger partial charge < -0.3 is 4.90 Å². The molecule has 0 saturated carbocycles. The molecule has 0 radical (unpaired) electrons. The van der Waals surface area contributed by atoms with Crippen LogP contribution in [0.5, 0.6) is 0 Å². The van der Waals surface area contributed by atoms with Crippen LogP contribution in [0.4, 0.5) is 0 Å². The van der Waals surface area contributed by atoms with E-state index in [4.69, 9.17) is 0 Å². The van der Waals surface area contributed by atoms with Crippen LogP contribution in [-0.2, 0) is 20.0 Å². The molecule has 2 heterocycles. The number of carbonyl (C=O) groups excluding carboxylic acids is 1. The van der Waals surface area contributed by atoms with Crippen molar-refractivity contribution in [2.45, 2.75) is 31.7 Å². The van der Waals surface area contributed by atoms with Crippen molar-refractivity contribution in [1.29, 1.82) is 0 Å². The lowest BCUT2D eigenvalue weighted by Crippen LogP contribution is -2.55. The number of hydrogen-bond donors (Lipinski definition) is 0. The number of nitrogens with zero attached hydrogens (tertiary/aromatic N) is 2. The maximum absolute atomic E-state index is 13.0. The van der Waals surface area contributed by atoms with E-state index in [2.05, 4.69) is 4.90 Å². The Morgan fingerprint density at radius 1 is 1.08 bits per heavy atom. The lowest BCUT2D eigenvalue weighted by molar-refractivity contribution is -0.138. The zero-order valence-electron chi connectivity index (χ0n) is 14.4. The van der Waals surface area contributed by atoms with Gasteiger partial charge in [0.05, 0.1) is 16.9 Å². The molecule has 0 aromatic heterocycles. The maximum atomic E-state index is 13.0. The minimum Gasteiger partial charge on any atom is -0.339 e. The maximum Gasteiger partial charge on any atom is 0.232 e. The Kier molecular flexibility index (Phi) is 4.71. The third-order valence-electron chi connectivity index (χ3n) is 5.36. The highest BCUT2D eigenvalue weighted by atomic mass is 32.2. The standard InChI is InChI=1S/C18H26N2O3S/c1-18(2,15-6-4-3-5-7-15)17(21)20-11-9-19(10-12-20)16-8-13-24(22,23)14-16/h3-7,16H,8-14H2,1-2H3. The van der Waals surface area contributed by atoms with E-state index in [0.29, 0.717) is 18.8 Å². The van der Waals surface area contributed by atoms with Gasteiger partial charge in [0.1, 0.15) is 0 Å². The summed E-state index contributed by atoms with van der Waals surface area (Å²) in [5.41, 5.74) is 0.486. The normalized spacial score (nSPS) is 24.9. The van der Waals surface area contributed by atoms with E-state index >= 15 is 0 Å². The van der Waals surface area contributed by atoms with Gasteiger partial charge in [-0.15, -0.1) is 0 Å². The Labute approximate surface area is 144 Å². The highest BCUT2D eigenvalue weighted by molar-refractivity contribution is 7.91. The molecule has 1 aromatic rings. The molecular formula is C18H26N2O3S. The van der Waals surface area contributed by atoms with Gasteiger partial charge in [-0.1, -0.05) is 30.3 Å². The Morgan fingerprint density at radius 3 is 2.25 bits per heavy atom. The Morgan fingerprint density at radius 2 is 1.71 bits per heavy atom. The first kappa shape index (κ1) is 17.4. The second-order valence-corrected chi connectivity index (χ2v) is 9.60. The second kappa shape index (κ2) is 6.48. The fourth-order valence-electron chi connectivity index (χ4n) is 3.73. The van der Waals surface area contributed by atoms with E-state index in [1.165, 1.54) is 0 Å². The Hall–Kier alpha value is -1.40. The summed E-state index contributed by atoms with van der Waals surface area (Å²) in [6, 6.07) is 10.0. The van der Waals surface area contributed by atoms with E-state index in [-0.39, 0.29) is 17.7 Å². The number of carbonyl (C=O) groups is 1. The number of hydrogen-bond acceptors (Lipinski definition) is 4. The summed E-state index contributed by atoms with van der Waals surface area (Å²) < 4.78 is 23.3. The summed E-state index contributed by atoms with van der Waals surface area (Å²) in [5, 5.41) is 0. The highest BCUT2D eigenvalue weighted by Gasteiger charge is 2.38. The monoisotopic (exact) mass is 350 g/mol. The third kappa shape index (κ3) is 3.49. The minimum absolute atomic E-state index is 0.134. The largest absolute Gasteiger partial charge is 0.339 e. The van der Waals surface area contributed by atoms with E-state index in [0.717, 1.165) is 25.1 Å². The SMILES string of the molecule is CC(C)(C(=O)N1CCN(C2CCS(=O)(=O)C2)CC1)c1ccccc1. The van der Waals surface area contributed by atoms with Crippen molar-refractivity contribution in [2.24, 2.45) is 0 Å². The average molecular weight is 350 g/mol. The van der Waals surface area contributed by atoms with Crippen molar-refractivity contribution in [3.8, 4) is 0 Å². The molecule has 24 heavy (non-hydrogen) atoms. The van der Waals surface area contributed by atoms with Crippen molar-refractivity contribution in [2.75, 3.05) is 37.7 Å². The molecule has 0 bridgehead atoms. The second-order valence-electron chi connectivity index (χ2n) is 7.38. The fraction of sp³-hybridized carbons (Fsp3) is 0.611. The molecule has 132 valence electrons. The molecule has 0 N–H and O–H groups in total. The van der Waals surface area contributed by atoms with Crippen molar-refractivity contribution in [3.63, 3.8) is 0 Å². The predicted molar refractivity (Wildman–Crippen MR) is 94.7 cm³/mol. The first-order valence-electron chi connectivity index (χ1n) is 8.59. The van der Waals surface area contributed by atoms with Crippen LogP contribution >= 0.6 is 0 Å². The molecule has 0 aliphatic carbocycles. The zero-order chi connectivity index (χ0) is 17.4. The van der Waals surface area contributed by atoms with E-state index in [1.807, 2.05) is 49.1 Å². The van der Waals surface area contributed by atoms with Crippen LogP contribution in [0.1, 0.15) is 25.8 Å². The van der Waals surface area contributed by atoms with Gasteiger partial charge in [0.2, 0.25) is 5.91 Å². The van der Waals surface area contributed by atoms with Gasteiger partial charge in [0.25, 0.3) is 0 Å². The molecule has 5 nitrogen and oxygen atoms in total. The van der Waals surface area contributed by atoms with Gasteiger partial charge in [0, 0.05) is 32.2 Å². The van der Waals surface area contributed by atoms with E-state index in [9.17, 15) is 13.2 Å². The van der Waals surface area contributed by atoms with Gasteiger partial charge in [0.15, 0.2) is 9.84 Å². The van der Waals surface area contributed by atoms with E-state index in [1.54, 1.807) is 0 Å². The van der Waals surface area contributed by atoms with Crippen LogP contribution in [0.25, 0.3) is 0 Å². The van der Waals surface area contributed by atoms with Crippen molar-refractivity contribution in [1.82, 2.24) is 9.80 Å². The number of sulfone groups is 1. The first-order chi connectivity index (χ1) is 11.3. The van der Waals surface area contributed by atoms with Crippen molar-refractivity contribution < 1.29 is 13.2 Å². The summed E-state index contributed by atoms with van der Waals surface area (Å²) in [6.45, 7) is 6.81. The molecule has 1 aromatic carbocycles. The molecule has 2 fully saturated rings. The van der Waals surface area contributed by atoms with Gasteiger partial charge in [-0.05, 0) is 25.8 Å². The molecule has 2 saturated heterocycles. The van der Waals surface area contributed by atoms with Crippen LogP contribution in [0.2, 0.25) is 0 Å². The Balaban J connectivity index is 1.61. The van der Waals surface area contributed by atoms with Crippen molar-refractivity contribution >= 4 is 15.7 Å². The fourth-order valence-corrected chi connectivity index (χ4v) is 5.49. The summed E-state index contributed by atoms with van der Waals surface area (Å²) in [7, 11) is -2.86. The van der Waals surface area contributed by atoms with Gasteiger partial charge in [-0.25, -0.2) is 8.42 Å². The molecule has 3 rings (SSSR count). The van der Waals surface area contributed by atoms with Gasteiger partial charge in [-0.2, -0.15) is 0 Å². The first-order valence-corrected chi connectivity index (χ1v) is 10.4. The lowest BCUT2D eigenvalue weighted by Gasteiger charge is -2.40. The Bertz CT molecular complexity index is 692. The lowest BCUT2D eigenvalue weighted by atomic mass is 9.83. The minimum atomic E-state index is -2.86. The quantitative estimate of drug-likeness (QED) is 0.824. The summed E-state index contributed by atoms with van der Waals surface area (Å²) >= 11 is 0. The molecule has 0 spiro atoms. The number of amides is 1. The van der Waals surface area contributed by atoms with Crippen LogP contribution in [0.3, 0.4) is 0 Å². The molecule has 1 unspecified atom stereocenters. The highest BCUT2D eigenvalue weighted by Crippen LogP contribution is 2.27. The smallest absolute Gasteiger partial charge is 0.232 e. The number of piperazine rings is 1. The molecule has 1 atom stereocenters. The third-order valence-corrected chi connectivity index (χ3v) is 7.11. The topological polar surface area (TPSA) is 57.7 Å².